The van der Waals surface area contributed by atoms with Gasteiger partial charge in [0.25, 0.3) is 0 Å². The molecule has 0 bridgehead atoms. The van der Waals surface area contributed by atoms with Gasteiger partial charge in [0.1, 0.15) is 0 Å². The Balaban J connectivity index is 0.00000180. The van der Waals surface area contributed by atoms with Gasteiger partial charge in [-0.2, -0.15) is 0 Å². The molecule has 1 aromatic heterocycles. The van der Waals surface area contributed by atoms with Gasteiger partial charge in [-0.3, -0.25) is 4.98 Å². The molecule has 20 heavy (non-hydrogen) atoms. The predicted octanol–water partition coefficient (Wildman–Crippen LogP) is 3.36. The van der Waals surface area contributed by atoms with E-state index in [2.05, 4.69) is 10.3 Å². The Morgan fingerprint density at radius 3 is 2.45 bits per heavy atom. The van der Waals surface area contributed by atoms with Crippen LogP contribution in [0.1, 0.15) is 37.8 Å². The molecule has 1 N–H and O–H groups in total. The first kappa shape index (κ1) is 19.3. The van der Waals surface area contributed by atoms with E-state index in [4.69, 9.17) is 9.47 Å². The van der Waals surface area contributed by atoms with E-state index in [0.717, 1.165) is 23.7 Å². The summed E-state index contributed by atoms with van der Waals surface area (Å²) in [5, 5.41) is 3.57. The van der Waals surface area contributed by atoms with Crippen molar-refractivity contribution in [3.8, 4) is 11.5 Å². The minimum Gasteiger partial charge on any atom is -0.493 e. The van der Waals surface area contributed by atoms with Gasteiger partial charge in [0.15, 0.2) is 11.5 Å². The lowest BCUT2D eigenvalue weighted by atomic mass is 9.95. The van der Waals surface area contributed by atoms with E-state index in [1.807, 2.05) is 6.07 Å². The van der Waals surface area contributed by atoms with Crippen LogP contribution in [0.5, 0.6) is 11.5 Å². The molecule has 0 aromatic carbocycles. The van der Waals surface area contributed by atoms with Gasteiger partial charge in [-0.25, -0.2) is 0 Å². The molecule has 6 heteroatoms. The number of rotatable bonds is 5. The highest BCUT2D eigenvalue weighted by molar-refractivity contribution is 5.85. The van der Waals surface area contributed by atoms with Crippen LogP contribution >= 0.6 is 24.8 Å². The third-order valence-electron chi connectivity index (χ3n) is 3.53. The van der Waals surface area contributed by atoms with Crippen LogP contribution in [0.25, 0.3) is 0 Å². The first-order valence-electron chi connectivity index (χ1n) is 6.64. The molecule has 1 aliphatic carbocycles. The number of hydrogen-bond acceptors (Lipinski definition) is 4. The minimum atomic E-state index is 0. The van der Waals surface area contributed by atoms with Gasteiger partial charge in [0, 0.05) is 24.8 Å². The second kappa shape index (κ2) is 10.1. The maximum Gasteiger partial charge on any atom is 0.183 e. The average molecular weight is 323 g/mol. The smallest absolute Gasteiger partial charge is 0.183 e. The molecular weight excluding hydrogens is 299 g/mol. The molecule has 0 atom stereocenters. The number of pyridine rings is 1. The van der Waals surface area contributed by atoms with E-state index in [-0.39, 0.29) is 24.8 Å². The van der Waals surface area contributed by atoms with Crippen molar-refractivity contribution in [1.82, 2.24) is 10.3 Å². The maximum atomic E-state index is 5.38. The number of aromatic nitrogens is 1. The van der Waals surface area contributed by atoms with Crippen LogP contribution < -0.4 is 14.8 Å². The van der Waals surface area contributed by atoms with Crippen molar-refractivity contribution in [2.45, 2.75) is 44.7 Å². The lowest BCUT2D eigenvalue weighted by Gasteiger charge is -2.23. The second-order valence-corrected chi connectivity index (χ2v) is 4.71. The monoisotopic (exact) mass is 322 g/mol. The summed E-state index contributed by atoms with van der Waals surface area (Å²) in [5.41, 5.74) is 0.919. The summed E-state index contributed by atoms with van der Waals surface area (Å²) in [5.74, 6) is 1.48. The zero-order valence-corrected chi connectivity index (χ0v) is 13.7. The fourth-order valence-electron chi connectivity index (χ4n) is 2.52. The molecule has 0 radical (unpaired) electrons. The molecule has 0 aliphatic heterocycles. The number of nitrogens with one attached hydrogen (secondary N) is 1. The highest BCUT2D eigenvalue weighted by Gasteiger charge is 2.15. The number of halogens is 2. The highest BCUT2D eigenvalue weighted by atomic mass is 35.5. The largest absolute Gasteiger partial charge is 0.493 e. The molecule has 2 rings (SSSR count). The van der Waals surface area contributed by atoms with Gasteiger partial charge >= 0.3 is 0 Å². The quantitative estimate of drug-likeness (QED) is 0.902. The second-order valence-electron chi connectivity index (χ2n) is 4.71. The highest BCUT2D eigenvalue weighted by Crippen LogP contribution is 2.29. The summed E-state index contributed by atoms with van der Waals surface area (Å²) in [6.07, 6.45) is 8.34. The summed E-state index contributed by atoms with van der Waals surface area (Å²) < 4.78 is 10.7. The Morgan fingerprint density at radius 1 is 1.15 bits per heavy atom. The van der Waals surface area contributed by atoms with Gasteiger partial charge in [0.2, 0.25) is 0 Å². The Bertz CT molecular complexity index is 385. The summed E-state index contributed by atoms with van der Waals surface area (Å²) in [7, 11) is 3.31. The maximum absolute atomic E-state index is 5.38. The number of ether oxygens (including phenoxy) is 2. The Labute approximate surface area is 133 Å². The van der Waals surface area contributed by atoms with Crippen molar-refractivity contribution >= 4 is 24.8 Å². The molecule has 0 saturated heterocycles. The van der Waals surface area contributed by atoms with Crippen molar-refractivity contribution in [3.63, 3.8) is 0 Å². The number of nitrogens with zero attached hydrogens (tertiary/aromatic N) is 1. The normalized spacial score (nSPS) is 14.9. The molecule has 1 saturated carbocycles. The molecule has 0 spiro atoms. The minimum absolute atomic E-state index is 0. The van der Waals surface area contributed by atoms with E-state index in [1.54, 1.807) is 20.4 Å². The molecule has 4 nitrogen and oxygen atoms in total. The van der Waals surface area contributed by atoms with E-state index in [1.165, 1.54) is 32.1 Å². The van der Waals surface area contributed by atoms with E-state index in [9.17, 15) is 0 Å². The summed E-state index contributed by atoms with van der Waals surface area (Å²) in [4.78, 5) is 4.38. The van der Waals surface area contributed by atoms with Gasteiger partial charge < -0.3 is 14.8 Å². The molecule has 1 fully saturated rings. The van der Waals surface area contributed by atoms with Crippen LogP contribution in [-0.2, 0) is 6.54 Å². The van der Waals surface area contributed by atoms with Gasteiger partial charge in [-0.05, 0) is 12.8 Å². The molecule has 116 valence electrons. The third-order valence-corrected chi connectivity index (χ3v) is 3.53. The van der Waals surface area contributed by atoms with Crippen LogP contribution in [0.15, 0.2) is 12.3 Å². The summed E-state index contributed by atoms with van der Waals surface area (Å²) in [6.45, 7) is 0.741. The van der Waals surface area contributed by atoms with Gasteiger partial charge in [0.05, 0.1) is 19.9 Å². The fourth-order valence-corrected chi connectivity index (χ4v) is 2.52. The molecule has 1 heterocycles. The number of hydrogen-bond donors (Lipinski definition) is 1. The molecule has 0 amide bonds. The third kappa shape index (κ3) is 5.00. The molecule has 1 aliphatic rings. The van der Waals surface area contributed by atoms with Crippen molar-refractivity contribution in [1.29, 1.82) is 0 Å². The van der Waals surface area contributed by atoms with Crippen LogP contribution in [0.2, 0.25) is 0 Å². The van der Waals surface area contributed by atoms with Crippen molar-refractivity contribution < 1.29 is 9.47 Å². The SMILES string of the molecule is COc1ccnc(CNC2CCCCC2)c1OC.Cl.Cl. The van der Waals surface area contributed by atoms with Crippen molar-refractivity contribution in [2.75, 3.05) is 14.2 Å². The lowest BCUT2D eigenvalue weighted by Crippen LogP contribution is -2.30. The fraction of sp³-hybridized carbons (Fsp3) is 0.643. The standard InChI is InChI=1S/C14H22N2O2.2ClH/c1-17-13-8-9-15-12(14(13)18-2)10-16-11-6-4-3-5-7-11;;/h8-9,11,16H,3-7,10H2,1-2H3;2*1H. The zero-order valence-electron chi connectivity index (χ0n) is 12.1. The molecule has 1 aromatic rings. The Hall–Kier alpha value is -0.710. The van der Waals surface area contributed by atoms with Gasteiger partial charge in [-0.15, -0.1) is 24.8 Å². The van der Waals surface area contributed by atoms with Crippen molar-refractivity contribution in [3.05, 3.63) is 18.0 Å². The van der Waals surface area contributed by atoms with E-state index < -0.39 is 0 Å². The Morgan fingerprint density at radius 2 is 1.85 bits per heavy atom. The van der Waals surface area contributed by atoms with Crippen LogP contribution in [0.3, 0.4) is 0 Å². The first-order valence-corrected chi connectivity index (χ1v) is 6.64. The van der Waals surface area contributed by atoms with Crippen LogP contribution in [-0.4, -0.2) is 25.2 Å². The summed E-state index contributed by atoms with van der Waals surface area (Å²) >= 11 is 0. The van der Waals surface area contributed by atoms with E-state index >= 15 is 0 Å². The van der Waals surface area contributed by atoms with Crippen LogP contribution in [0.4, 0.5) is 0 Å². The number of methoxy groups -OCH3 is 2. The average Bonchev–Trinajstić information content (AvgIpc) is 2.45. The van der Waals surface area contributed by atoms with E-state index in [0.29, 0.717) is 6.04 Å². The van der Waals surface area contributed by atoms with Crippen LogP contribution in [0, 0.1) is 0 Å². The predicted molar refractivity (Wildman–Crippen MR) is 85.5 cm³/mol. The Kier molecular flexibility index (Phi) is 9.72. The summed E-state index contributed by atoms with van der Waals surface area (Å²) in [6, 6.07) is 2.44. The lowest BCUT2D eigenvalue weighted by molar-refractivity contribution is 0.340. The molecular formula is C14H24Cl2N2O2. The topological polar surface area (TPSA) is 43.4 Å². The van der Waals surface area contributed by atoms with Crippen molar-refractivity contribution in [2.24, 2.45) is 0 Å². The zero-order chi connectivity index (χ0) is 12.8. The first-order chi connectivity index (χ1) is 8.85. The van der Waals surface area contributed by atoms with Gasteiger partial charge in [-0.1, -0.05) is 19.3 Å². The molecule has 0 unspecified atom stereocenters.